The highest BCUT2D eigenvalue weighted by atomic mass is 16.6. The number of ketones is 1. The first-order valence-corrected chi connectivity index (χ1v) is 12.3. The van der Waals surface area contributed by atoms with E-state index in [1.54, 1.807) is 20.8 Å². The highest BCUT2D eigenvalue weighted by Gasteiger charge is 2.76. The fraction of sp³-hybridized carbons (Fsp3) is 0.769. The van der Waals surface area contributed by atoms with Crippen molar-refractivity contribution in [1.29, 1.82) is 0 Å². The van der Waals surface area contributed by atoms with Crippen molar-refractivity contribution in [1.82, 2.24) is 0 Å². The number of ether oxygens (including phenoxy) is 4. The predicted octanol–water partition coefficient (Wildman–Crippen LogP) is 1.39. The smallest absolute Gasteiger partial charge is 0.303 e. The molecule has 4 aliphatic rings. The van der Waals surface area contributed by atoms with Crippen molar-refractivity contribution >= 4 is 23.7 Å². The highest BCUT2D eigenvalue weighted by molar-refractivity contribution is 5.98. The SMILES string of the molecule is CC(=O)O[C@@H]1C2=C(C)C(=O)C[C@@](O)([C@@H](OC(C)=O)[C@H]3[C@@](C)(CC[C@H](O)[C@@]34CO4)[C@H]1OC(C)=O)C2(C)C. The molecule has 3 fully saturated rings. The lowest BCUT2D eigenvalue weighted by Gasteiger charge is -2.62. The molecule has 1 spiro atoms. The third-order valence-corrected chi connectivity index (χ3v) is 9.10. The monoisotopic (exact) mass is 508 g/mol. The first-order chi connectivity index (χ1) is 16.5. The van der Waals surface area contributed by atoms with Crippen LogP contribution in [0.25, 0.3) is 0 Å². The van der Waals surface area contributed by atoms with Gasteiger partial charge in [0, 0.05) is 43.9 Å². The van der Waals surface area contributed by atoms with Gasteiger partial charge in [-0.05, 0) is 30.9 Å². The first kappa shape index (κ1) is 26.8. The van der Waals surface area contributed by atoms with Gasteiger partial charge in [-0.15, -0.1) is 0 Å². The molecule has 36 heavy (non-hydrogen) atoms. The summed E-state index contributed by atoms with van der Waals surface area (Å²) in [7, 11) is 0. The number of fused-ring (bicyclic) bond motifs is 4. The summed E-state index contributed by atoms with van der Waals surface area (Å²) in [5.74, 6) is -3.26. The Kier molecular flexibility index (Phi) is 6.21. The predicted molar refractivity (Wildman–Crippen MR) is 123 cm³/mol. The molecule has 1 heterocycles. The number of rotatable bonds is 3. The summed E-state index contributed by atoms with van der Waals surface area (Å²) in [6.07, 6.45) is -4.34. The Morgan fingerprint density at radius 2 is 1.50 bits per heavy atom. The van der Waals surface area contributed by atoms with Gasteiger partial charge < -0.3 is 29.2 Å². The minimum atomic E-state index is -1.94. The van der Waals surface area contributed by atoms with E-state index in [1.807, 2.05) is 6.92 Å². The van der Waals surface area contributed by atoms with Crippen molar-refractivity contribution < 1.29 is 48.3 Å². The van der Waals surface area contributed by atoms with E-state index in [1.165, 1.54) is 20.8 Å². The van der Waals surface area contributed by atoms with Gasteiger partial charge in [-0.2, -0.15) is 0 Å². The molecule has 8 atom stereocenters. The Balaban J connectivity index is 2.11. The zero-order valence-corrected chi connectivity index (χ0v) is 21.9. The molecular weight excluding hydrogens is 472 g/mol. The van der Waals surface area contributed by atoms with E-state index in [4.69, 9.17) is 18.9 Å². The van der Waals surface area contributed by atoms with Crippen LogP contribution in [0.2, 0.25) is 0 Å². The van der Waals surface area contributed by atoms with Crippen molar-refractivity contribution in [3.63, 3.8) is 0 Å². The summed E-state index contributed by atoms with van der Waals surface area (Å²) >= 11 is 0. The van der Waals surface area contributed by atoms with Crippen LogP contribution >= 0.6 is 0 Å². The summed E-state index contributed by atoms with van der Waals surface area (Å²) in [6, 6.07) is 0. The van der Waals surface area contributed by atoms with Gasteiger partial charge in [-0.1, -0.05) is 20.8 Å². The molecule has 10 nitrogen and oxygen atoms in total. The number of esters is 3. The fourth-order valence-corrected chi connectivity index (χ4v) is 7.26. The third-order valence-electron chi connectivity index (χ3n) is 9.10. The molecule has 4 rings (SSSR count). The van der Waals surface area contributed by atoms with Crippen LogP contribution in [0, 0.1) is 16.7 Å². The maximum atomic E-state index is 13.4. The van der Waals surface area contributed by atoms with E-state index in [2.05, 4.69) is 0 Å². The Labute approximate surface area is 210 Å². The molecule has 2 bridgehead atoms. The highest BCUT2D eigenvalue weighted by Crippen LogP contribution is 2.65. The zero-order chi connectivity index (χ0) is 27.0. The molecule has 2 saturated carbocycles. The number of Topliss-reactive ketones (excluding diaryl/α,β-unsaturated/α-hetero) is 1. The lowest BCUT2D eigenvalue weighted by atomic mass is 9.46. The summed E-state index contributed by atoms with van der Waals surface area (Å²) < 4.78 is 23.4. The second-order valence-electron chi connectivity index (χ2n) is 11.6. The number of aliphatic hydroxyl groups is 2. The van der Waals surface area contributed by atoms with Gasteiger partial charge in [0.25, 0.3) is 0 Å². The van der Waals surface area contributed by atoms with Gasteiger partial charge in [-0.25, -0.2) is 0 Å². The van der Waals surface area contributed by atoms with Crippen LogP contribution in [0.3, 0.4) is 0 Å². The summed E-state index contributed by atoms with van der Waals surface area (Å²) in [6.45, 7) is 10.6. The molecule has 3 aliphatic carbocycles. The second kappa shape index (κ2) is 8.36. The standard InChI is InChI=1S/C26H36O10/c1-12-16(30)10-26(32)22(36-15(4)29)20-24(7,9-8-17(31)25(20)11-33-25)21(35-14(3)28)19(34-13(2)27)18(12)23(26,5)6/h17,19-22,31-32H,8-11H2,1-7H3/t17-,19+,20-,21-,22-,24+,25-,26+/m0/s1. The van der Waals surface area contributed by atoms with Crippen molar-refractivity contribution in [2.75, 3.05) is 6.61 Å². The zero-order valence-electron chi connectivity index (χ0n) is 21.9. The van der Waals surface area contributed by atoms with E-state index in [9.17, 15) is 29.4 Å². The number of hydrogen-bond acceptors (Lipinski definition) is 10. The van der Waals surface area contributed by atoms with Crippen LogP contribution in [0.4, 0.5) is 0 Å². The Morgan fingerprint density at radius 1 is 0.972 bits per heavy atom. The minimum absolute atomic E-state index is 0.128. The molecule has 1 saturated heterocycles. The van der Waals surface area contributed by atoms with Gasteiger partial charge in [0.1, 0.15) is 23.4 Å². The quantitative estimate of drug-likeness (QED) is 0.325. The molecule has 0 aromatic heterocycles. The average molecular weight is 509 g/mol. The normalized spacial score (nSPS) is 43.1. The van der Waals surface area contributed by atoms with Crippen LogP contribution in [-0.4, -0.2) is 76.1 Å². The van der Waals surface area contributed by atoms with Gasteiger partial charge in [0.05, 0.1) is 12.7 Å². The van der Waals surface area contributed by atoms with Gasteiger partial charge in [-0.3, -0.25) is 19.2 Å². The van der Waals surface area contributed by atoms with E-state index < -0.39 is 76.1 Å². The minimum Gasteiger partial charge on any atom is -0.459 e. The topological polar surface area (TPSA) is 149 Å². The maximum absolute atomic E-state index is 13.4. The molecule has 0 amide bonds. The summed E-state index contributed by atoms with van der Waals surface area (Å²) in [5.41, 5.74) is -4.89. The molecule has 0 radical (unpaired) electrons. The van der Waals surface area contributed by atoms with Gasteiger partial charge in [0.15, 0.2) is 11.9 Å². The van der Waals surface area contributed by atoms with Gasteiger partial charge >= 0.3 is 17.9 Å². The molecule has 1 aliphatic heterocycles. The fourth-order valence-electron chi connectivity index (χ4n) is 7.26. The largest absolute Gasteiger partial charge is 0.459 e. The lowest BCUT2D eigenvalue weighted by molar-refractivity contribution is -0.257. The molecule has 2 N–H and O–H groups in total. The summed E-state index contributed by atoms with van der Waals surface area (Å²) in [4.78, 5) is 50.6. The van der Waals surface area contributed by atoms with Crippen LogP contribution in [0.1, 0.15) is 67.7 Å². The van der Waals surface area contributed by atoms with Crippen LogP contribution in [-0.2, 0) is 38.1 Å². The van der Waals surface area contributed by atoms with E-state index >= 15 is 0 Å². The summed E-state index contributed by atoms with van der Waals surface area (Å²) in [5, 5.41) is 23.5. The van der Waals surface area contributed by atoms with E-state index in [-0.39, 0.29) is 25.9 Å². The van der Waals surface area contributed by atoms with Crippen molar-refractivity contribution in [2.45, 2.75) is 103 Å². The molecule has 200 valence electrons. The van der Waals surface area contributed by atoms with Crippen LogP contribution in [0.5, 0.6) is 0 Å². The molecule has 0 unspecified atom stereocenters. The average Bonchev–Trinajstić information content (AvgIpc) is 3.52. The third kappa shape index (κ3) is 3.63. The number of epoxide rings is 1. The maximum Gasteiger partial charge on any atom is 0.303 e. The number of allylic oxidation sites excluding steroid dienone is 1. The Morgan fingerprint density at radius 3 is 2.00 bits per heavy atom. The van der Waals surface area contributed by atoms with Crippen molar-refractivity contribution in [2.24, 2.45) is 16.7 Å². The molecule has 0 aromatic carbocycles. The Hall–Kier alpha value is -2.30. The second-order valence-corrected chi connectivity index (χ2v) is 11.6. The number of carbonyl (C=O) groups is 4. The van der Waals surface area contributed by atoms with E-state index in [0.29, 0.717) is 11.1 Å². The first-order valence-electron chi connectivity index (χ1n) is 12.3. The van der Waals surface area contributed by atoms with Crippen molar-refractivity contribution in [3.8, 4) is 0 Å². The molecule has 0 aromatic rings. The lowest BCUT2D eigenvalue weighted by Crippen LogP contribution is -2.73. The number of carbonyl (C=O) groups excluding carboxylic acids is 4. The molecular formula is C26H36O10. The van der Waals surface area contributed by atoms with Crippen LogP contribution < -0.4 is 0 Å². The number of aliphatic hydroxyl groups excluding tert-OH is 1. The van der Waals surface area contributed by atoms with Gasteiger partial charge in [0.2, 0.25) is 0 Å². The van der Waals surface area contributed by atoms with Crippen molar-refractivity contribution in [3.05, 3.63) is 11.1 Å². The number of hydrogen-bond donors (Lipinski definition) is 2. The Bertz CT molecular complexity index is 1040. The molecule has 10 heteroatoms. The van der Waals surface area contributed by atoms with E-state index in [0.717, 1.165) is 0 Å². The van der Waals surface area contributed by atoms with Crippen LogP contribution in [0.15, 0.2) is 11.1 Å².